The van der Waals surface area contributed by atoms with Crippen molar-refractivity contribution in [2.45, 2.75) is 12.6 Å². The zero-order chi connectivity index (χ0) is 17.5. The third kappa shape index (κ3) is 5.07. The number of hydrogen-bond donors (Lipinski definition) is 3. The fourth-order valence-corrected chi connectivity index (χ4v) is 2.69. The fourth-order valence-electron chi connectivity index (χ4n) is 2.04. The van der Waals surface area contributed by atoms with Gasteiger partial charge in [-0.05, 0) is 29.1 Å². The molecule has 128 valence electrons. The summed E-state index contributed by atoms with van der Waals surface area (Å²) in [7, 11) is 3.86. The molecule has 0 fully saturated rings. The number of amides is 2. The summed E-state index contributed by atoms with van der Waals surface area (Å²) in [5.41, 5.74) is 1.70. The summed E-state index contributed by atoms with van der Waals surface area (Å²) in [5, 5.41) is 17.0. The lowest BCUT2D eigenvalue weighted by Crippen LogP contribution is -2.41. The van der Waals surface area contributed by atoms with Gasteiger partial charge in [-0.15, -0.1) is 11.3 Å². The highest BCUT2D eigenvalue weighted by molar-refractivity contribution is 7.09. The summed E-state index contributed by atoms with van der Waals surface area (Å²) in [6, 6.07) is 11.1. The van der Waals surface area contributed by atoms with Crippen LogP contribution in [0.5, 0.6) is 0 Å². The minimum atomic E-state index is -0.866. The normalized spacial score (nSPS) is 11.6. The molecule has 2 amide bonds. The number of hydrogen-bond acceptors (Lipinski definition) is 5. The molecule has 1 atom stereocenters. The molecule has 0 spiro atoms. The minimum Gasteiger partial charge on any atom is -0.387 e. The van der Waals surface area contributed by atoms with E-state index in [-0.39, 0.29) is 6.54 Å². The number of carbonyl (C=O) groups is 2. The predicted molar refractivity (Wildman–Crippen MR) is 94.9 cm³/mol. The topological polar surface area (TPSA) is 81.7 Å². The van der Waals surface area contributed by atoms with Gasteiger partial charge in [-0.25, -0.2) is 0 Å². The van der Waals surface area contributed by atoms with Gasteiger partial charge in [0.15, 0.2) is 0 Å². The molecule has 0 saturated heterocycles. The van der Waals surface area contributed by atoms with Crippen LogP contribution in [0.1, 0.15) is 16.5 Å². The van der Waals surface area contributed by atoms with Gasteiger partial charge in [0, 0.05) is 31.2 Å². The fraction of sp³-hybridized carbons (Fsp3) is 0.294. The molecule has 0 radical (unpaired) electrons. The van der Waals surface area contributed by atoms with Crippen molar-refractivity contribution in [2.75, 3.05) is 25.5 Å². The highest BCUT2D eigenvalue weighted by atomic mass is 32.1. The Morgan fingerprint density at radius 1 is 1.12 bits per heavy atom. The van der Waals surface area contributed by atoms with Crippen LogP contribution in [0, 0.1) is 0 Å². The molecule has 0 saturated carbocycles. The van der Waals surface area contributed by atoms with Gasteiger partial charge in [0.1, 0.15) is 0 Å². The number of aliphatic hydroxyl groups excluding tert-OH is 1. The van der Waals surface area contributed by atoms with E-state index in [4.69, 9.17) is 0 Å². The highest BCUT2D eigenvalue weighted by Crippen LogP contribution is 2.17. The van der Waals surface area contributed by atoms with E-state index in [0.717, 1.165) is 10.6 Å². The molecular formula is C17H21N3O3S. The lowest BCUT2D eigenvalue weighted by Gasteiger charge is -2.15. The van der Waals surface area contributed by atoms with Gasteiger partial charge in [0.2, 0.25) is 0 Å². The van der Waals surface area contributed by atoms with Gasteiger partial charge in [-0.1, -0.05) is 18.2 Å². The Morgan fingerprint density at radius 2 is 1.79 bits per heavy atom. The standard InChI is InChI=1S/C17H21N3O3S/c1-20(2)13-7-5-12(6-8-13)15(21)11-19-17(23)16(22)18-10-14-4-3-9-24-14/h3-9,15,21H,10-11H2,1-2H3,(H,18,22)(H,19,23)/t15-/m1/s1. The first-order valence-electron chi connectivity index (χ1n) is 7.51. The molecule has 1 aromatic carbocycles. The first-order valence-corrected chi connectivity index (χ1v) is 8.39. The van der Waals surface area contributed by atoms with Crippen LogP contribution in [-0.4, -0.2) is 37.6 Å². The Balaban J connectivity index is 1.78. The van der Waals surface area contributed by atoms with Crippen LogP contribution < -0.4 is 15.5 Å². The Labute approximate surface area is 145 Å². The molecule has 3 N–H and O–H groups in total. The van der Waals surface area contributed by atoms with Crippen molar-refractivity contribution >= 4 is 28.8 Å². The van der Waals surface area contributed by atoms with Crippen LogP contribution in [0.2, 0.25) is 0 Å². The minimum absolute atomic E-state index is 0.0213. The molecule has 0 aliphatic rings. The van der Waals surface area contributed by atoms with Crippen LogP contribution in [0.25, 0.3) is 0 Å². The molecule has 24 heavy (non-hydrogen) atoms. The number of aliphatic hydroxyl groups is 1. The molecule has 0 aliphatic carbocycles. The average Bonchev–Trinajstić information content (AvgIpc) is 3.10. The maximum absolute atomic E-state index is 11.7. The van der Waals surface area contributed by atoms with E-state index in [9.17, 15) is 14.7 Å². The van der Waals surface area contributed by atoms with E-state index >= 15 is 0 Å². The van der Waals surface area contributed by atoms with Crippen LogP contribution >= 0.6 is 11.3 Å². The third-order valence-electron chi connectivity index (χ3n) is 3.46. The maximum Gasteiger partial charge on any atom is 0.309 e. The summed E-state index contributed by atoms with van der Waals surface area (Å²) in [5.74, 6) is -1.46. The molecule has 2 aromatic rings. The number of nitrogens with one attached hydrogen (secondary N) is 2. The third-order valence-corrected chi connectivity index (χ3v) is 4.34. The van der Waals surface area contributed by atoms with Gasteiger partial charge < -0.3 is 20.6 Å². The second-order valence-corrected chi connectivity index (χ2v) is 6.51. The Kier molecular flexibility index (Phi) is 6.34. The van der Waals surface area contributed by atoms with E-state index in [1.165, 1.54) is 11.3 Å². The maximum atomic E-state index is 11.7. The zero-order valence-corrected chi connectivity index (χ0v) is 14.5. The molecule has 0 unspecified atom stereocenters. The molecular weight excluding hydrogens is 326 g/mol. The molecule has 6 nitrogen and oxygen atoms in total. The summed E-state index contributed by atoms with van der Waals surface area (Å²) < 4.78 is 0. The first-order chi connectivity index (χ1) is 11.5. The first kappa shape index (κ1) is 18.0. The Morgan fingerprint density at radius 3 is 2.38 bits per heavy atom. The Hall–Kier alpha value is -2.38. The molecule has 1 aromatic heterocycles. The van der Waals surface area contributed by atoms with Gasteiger partial charge in [-0.3, -0.25) is 9.59 Å². The van der Waals surface area contributed by atoms with Crippen LogP contribution in [-0.2, 0) is 16.1 Å². The van der Waals surface area contributed by atoms with Gasteiger partial charge in [0.25, 0.3) is 0 Å². The second kappa shape index (κ2) is 8.47. The van der Waals surface area contributed by atoms with Crippen molar-refractivity contribution in [3.63, 3.8) is 0 Å². The van der Waals surface area contributed by atoms with Crippen LogP contribution in [0.15, 0.2) is 41.8 Å². The van der Waals surface area contributed by atoms with Crippen LogP contribution in [0.3, 0.4) is 0 Å². The van der Waals surface area contributed by atoms with Crippen molar-refractivity contribution in [1.82, 2.24) is 10.6 Å². The Bertz CT molecular complexity index is 669. The summed E-state index contributed by atoms with van der Waals surface area (Å²) in [6.45, 7) is 0.297. The largest absolute Gasteiger partial charge is 0.387 e. The second-order valence-electron chi connectivity index (χ2n) is 5.47. The highest BCUT2D eigenvalue weighted by Gasteiger charge is 2.15. The van der Waals surface area contributed by atoms with Gasteiger partial charge in [0.05, 0.1) is 12.6 Å². The van der Waals surface area contributed by atoms with Crippen LogP contribution in [0.4, 0.5) is 5.69 Å². The summed E-state index contributed by atoms with van der Waals surface area (Å²) in [6.07, 6.45) is -0.866. The molecule has 0 bridgehead atoms. The molecule has 7 heteroatoms. The van der Waals surface area contributed by atoms with Crippen molar-refractivity contribution < 1.29 is 14.7 Å². The van der Waals surface area contributed by atoms with Crippen molar-refractivity contribution in [1.29, 1.82) is 0 Å². The number of nitrogens with zero attached hydrogens (tertiary/aromatic N) is 1. The van der Waals surface area contributed by atoms with E-state index in [0.29, 0.717) is 12.1 Å². The monoisotopic (exact) mass is 347 g/mol. The number of rotatable bonds is 6. The number of thiophene rings is 1. The quantitative estimate of drug-likeness (QED) is 0.688. The summed E-state index contributed by atoms with van der Waals surface area (Å²) >= 11 is 1.51. The summed E-state index contributed by atoms with van der Waals surface area (Å²) in [4.78, 5) is 26.4. The average molecular weight is 347 g/mol. The van der Waals surface area contributed by atoms with Crippen molar-refractivity contribution in [3.05, 3.63) is 52.2 Å². The van der Waals surface area contributed by atoms with E-state index in [2.05, 4.69) is 10.6 Å². The van der Waals surface area contributed by atoms with Gasteiger partial charge in [-0.2, -0.15) is 0 Å². The zero-order valence-electron chi connectivity index (χ0n) is 13.7. The lowest BCUT2D eigenvalue weighted by atomic mass is 10.1. The number of anilines is 1. The van der Waals surface area contributed by atoms with Gasteiger partial charge >= 0.3 is 11.8 Å². The predicted octanol–water partition coefficient (Wildman–Crippen LogP) is 1.28. The van der Waals surface area contributed by atoms with E-state index < -0.39 is 17.9 Å². The van der Waals surface area contributed by atoms with E-state index in [1.807, 2.05) is 48.6 Å². The van der Waals surface area contributed by atoms with Crippen molar-refractivity contribution in [2.24, 2.45) is 0 Å². The number of carbonyl (C=O) groups excluding carboxylic acids is 2. The van der Waals surface area contributed by atoms with Crippen molar-refractivity contribution in [3.8, 4) is 0 Å². The number of benzene rings is 1. The molecule has 2 rings (SSSR count). The van der Waals surface area contributed by atoms with E-state index in [1.54, 1.807) is 12.1 Å². The smallest absolute Gasteiger partial charge is 0.309 e. The SMILES string of the molecule is CN(C)c1ccc([C@H](O)CNC(=O)C(=O)NCc2cccs2)cc1. The molecule has 0 aliphatic heterocycles. The lowest BCUT2D eigenvalue weighted by molar-refractivity contribution is -0.139. The molecule has 1 heterocycles.